The molecule has 0 aliphatic carbocycles. The molecule has 9 heteroatoms. The summed E-state index contributed by atoms with van der Waals surface area (Å²) in [6, 6.07) is 8.64. The van der Waals surface area contributed by atoms with Crippen LogP contribution in [0.1, 0.15) is 31.0 Å². The third-order valence-corrected chi connectivity index (χ3v) is 3.45. The first kappa shape index (κ1) is 19.5. The van der Waals surface area contributed by atoms with Gasteiger partial charge in [0.2, 0.25) is 5.95 Å². The van der Waals surface area contributed by atoms with Crippen LogP contribution in [0.15, 0.2) is 41.5 Å². The van der Waals surface area contributed by atoms with Crippen molar-refractivity contribution in [3.63, 3.8) is 0 Å². The summed E-state index contributed by atoms with van der Waals surface area (Å²) in [6.45, 7) is 4.69. The van der Waals surface area contributed by atoms with Crippen molar-refractivity contribution < 1.29 is 13.2 Å². The van der Waals surface area contributed by atoms with Gasteiger partial charge in [0.15, 0.2) is 5.96 Å². The molecule has 0 radical (unpaired) electrons. The van der Waals surface area contributed by atoms with Crippen molar-refractivity contribution in [2.45, 2.75) is 25.9 Å². The van der Waals surface area contributed by atoms with E-state index in [1.54, 1.807) is 0 Å². The van der Waals surface area contributed by atoms with Crippen molar-refractivity contribution in [2.24, 2.45) is 10.7 Å². The van der Waals surface area contributed by atoms with E-state index in [0.717, 1.165) is 18.0 Å². The second-order valence-corrected chi connectivity index (χ2v) is 5.86. The second kappa shape index (κ2) is 8.50. The van der Waals surface area contributed by atoms with Crippen molar-refractivity contribution in [2.75, 3.05) is 23.7 Å². The molecule has 0 fully saturated rings. The normalized spacial score (nSPS) is 12.3. The van der Waals surface area contributed by atoms with E-state index in [4.69, 9.17) is 5.73 Å². The highest BCUT2D eigenvalue weighted by molar-refractivity contribution is 5.92. The number of rotatable bonds is 6. The quantitative estimate of drug-likeness (QED) is 0.414. The maximum absolute atomic E-state index is 12.6. The minimum atomic E-state index is -4.50. The standard InChI is InChI=1S/C17H21F3N6/c1-11(2)12-4-3-5-13(10-12)25-15(21)22-8-9-24-16-23-7-6-14(26-16)17(18,19)20/h3-7,10-11H,8-9H2,1-2H3,(H3,21,22,25)(H,23,24,26). The number of aromatic nitrogens is 2. The van der Waals surface area contributed by atoms with Crippen LogP contribution in [-0.4, -0.2) is 29.0 Å². The van der Waals surface area contributed by atoms with Crippen LogP contribution in [0.4, 0.5) is 24.8 Å². The Morgan fingerprint density at radius 2 is 2.04 bits per heavy atom. The molecule has 0 saturated carbocycles. The van der Waals surface area contributed by atoms with Gasteiger partial charge < -0.3 is 16.4 Å². The Kier molecular flexibility index (Phi) is 6.37. The molecule has 0 saturated heterocycles. The van der Waals surface area contributed by atoms with Crippen molar-refractivity contribution in [1.29, 1.82) is 0 Å². The third kappa shape index (κ3) is 5.91. The summed E-state index contributed by atoms with van der Waals surface area (Å²) in [6.07, 6.45) is -3.45. The lowest BCUT2D eigenvalue weighted by Gasteiger charge is -2.10. The van der Waals surface area contributed by atoms with Gasteiger partial charge in [0.05, 0.1) is 6.54 Å². The van der Waals surface area contributed by atoms with Gasteiger partial charge in [-0.3, -0.25) is 4.99 Å². The average molecular weight is 366 g/mol. The zero-order chi connectivity index (χ0) is 19.2. The first-order chi connectivity index (χ1) is 12.3. The molecule has 0 bridgehead atoms. The number of nitrogens with two attached hydrogens (primary N) is 1. The van der Waals surface area contributed by atoms with Gasteiger partial charge in [-0.05, 0) is 29.7 Å². The smallest absolute Gasteiger partial charge is 0.370 e. The number of halogens is 3. The van der Waals surface area contributed by atoms with Gasteiger partial charge in [0, 0.05) is 18.4 Å². The fourth-order valence-electron chi connectivity index (χ4n) is 2.11. The average Bonchev–Trinajstić information content (AvgIpc) is 2.58. The van der Waals surface area contributed by atoms with Gasteiger partial charge in [0.25, 0.3) is 0 Å². The van der Waals surface area contributed by atoms with E-state index >= 15 is 0 Å². The largest absolute Gasteiger partial charge is 0.433 e. The first-order valence-corrected chi connectivity index (χ1v) is 8.06. The van der Waals surface area contributed by atoms with E-state index in [2.05, 4.69) is 39.4 Å². The molecule has 0 spiro atoms. The number of aliphatic imine (C=N–C) groups is 1. The molecule has 0 amide bonds. The molecule has 1 aromatic carbocycles. The Balaban J connectivity index is 1.86. The molecule has 4 N–H and O–H groups in total. The van der Waals surface area contributed by atoms with E-state index in [9.17, 15) is 13.2 Å². The summed E-state index contributed by atoms with van der Waals surface area (Å²) in [7, 11) is 0. The van der Waals surface area contributed by atoms with E-state index in [1.807, 2.05) is 24.3 Å². The van der Waals surface area contributed by atoms with Crippen molar-refractivity contribution in [1.82, 2.24) is 9.97 Å². The monoisotopic (exact) mass is 366 g/mol. The molecule has 1 aromatic heterocycles. The van der Waals surface area contributed by atoms with Crippen molar-refractivity contribution in [3.05, 3.63) is 47.8 Å². The SMILES string of the molecule is CC(C)c1cccc(NC(N)=NCCNc2nccc(C(F)(F)F)n2)c1. The number of guanidine groups is 1. The van der Waals surface area contributed by atoms with E-state index in [0.29, 0.717) is 5.92 Å². The molecule has 1 heterocycles. The van der Waals surface area contributed by atoms with Gasteiger partial charge in [-0.15, -0.1) is 0 Å². The predicted molar refractivity (Wildman–Crippen MR) is 96.2 cm³/mol. The van der Waals surface area contributed by atoms with Gasteiger partial charge >= 0.3 is 6.18 Å². The van der Waals surface area contributed by atoms with Crippen LogP contribution in [0.2, 0.25) is 0 Å². The summed E-state index contributed by atoms with van der Waals surface area (Å²) in [5.41, 5.74) is 6.83. The molecule has 6 nitrogen and oxygen atoms in total. The van der Waals surface area contributed by atoms with Crippen LogP contribution in [0.5, 0.6) is 0 Å². The molecule has 2 aromatic rings. The highest BCUT2D eigenvalue weighted by Crippen LogP contribution is 2.27. The van der Waals surface area contributed by atoms with Crippen LogP contribution < -0.4 is 16.4 Å². The van der Waals surface area contributed by atoms with Gasteiger partial charge in [-0.25, -0.2) is 9.97 Å². The lowest BCUT2D eigenvalue weighted by molar-refractivity contribution is -0.141. The predicted octanol–water partition coefficient (Wildman–Crippen LogP) is 3.46. The zero-order valence-corrected chi connectivity index (χ0v) is 14.5. The van der Waals surface area contributed by atoms with E-state index in [-0.39, 0.29) is 25.0 Å². The summed E-state index contributed by atoms with van der Waals surface area (Å²) in [5, 5.41) is 5.67. The second-order valence-electron chi connectivity index (χ2n) is 5.86. The number of anilines is 2. The lowest BCUT2D eigenvalue weighted by atomic mass is 10.0. The molecular formula is C17H21F3N6. The minimum absolute atomic E-state index is 0.105. The van der Waals surface area contributed by atoms with Gasteiger partial charge in [0.1, 0.15) is 5.69 Å². The number of hydrogen-bond donors (Lipinski definition) is 3. The Bertz CT molecular complexity index is 758. The third-order valence-electron chi connectivity index (χ3n) is 3.45. The highest BCUT2D eigenvalue weighted by atomic mass is 19.4. The first-order valence-electron chi connectivity index (χ1n) is 8.06. The number of hydrogen-bond acceptors (Lipinski definition) is 4. The Labute approximate surface area is 149 Å². The Morgan fingerprint density at radius 1 is 1.27 bits per heavy atom. The molecule has 0 atom stereocenters. The van der Waals surface area contributed by atoms with Crippen LogP contribution >= 0.6 is 0 Å². The van der Waals surface area contributed by atoms with E-state index in [1.165, 1.54) is 5.56 Å². The number of benzene rings is 1. The van der Waals surface area contributed by atoms with Crippen molar-refractivity contribution in [3.8, 4) is 0 Å². The van der Waals surface area contributed by atoms with Crippen LogP contribution in [0, 0.1) is 0 Å². The lowest BCUT2D eigenvalue weighted by Crippen LogP contribution is -2.24. The summed E-state index contributed by atoms with van der Waals surface area (Å²) < 4.78 is 37.7. The number of alkyl halides is 3. The number of nitrogens with one attached hydrogen (secondary N) is 2. The topological polar surface area (TPSA) is 88.2 Å². The Hall–Kier alpha value is -2.84. The van der Waals surface area contributed by atoms with Crippen LogP contribution in [0.25, 0.3) is 0 Å². The molecule has 140 valence electrons. The maximum atomic E-state index is 12.6. The minimum Gasteiger partial charge on any atom is -0.370 e. The van der Waals surface area contributed by atoms with Crippen LogP contribution in [0.3, 0.4) is 0 Å². The molecule has 0 unspecified atom stereocenters. The summed E-state index contributed by atoms with van der Waals surface area (Å²) in [5.74, 6) is 0.510. The van der Waals surface area contributed by atoms with Crippen LogP contribution in [-0.2, 0) is 6.18 Å². The molecule has 0 aliphatic rings. The van der Waals surface area contributed by atoms with Gasteiger partial charge in [-0.2, -0.15) is 13.2 Å². The number of nitrogens with zero attached hydrogens (tertiary/aromatic N) is 3. The zero-order valence-electron chi connectivity index (χ0n) is 14.5. The molecule has 2 rings (SSSR count). The molecule has 0 aliphatic heterocycles. The Morgan fingerprint density at radius 3 is 2.73 bits per heavy atom. The van der Waals surface area contributed by atoms with Crippen molar-refractivity contribution >= 4 is 17.6 Å². The fraction of sp³-hybridized carbons (Fsp3) is 0.353. The highest BCUT2D eigenvalue weighted by Gasteiger charge is 2.32. The molecule has 26 heavy (non-hydrogen) atoms. The fourth-order valence-corrected chi connectivity index (χ4v) is 2.11. The summed E-state index contributed by atoms with van der Waals surface area (Å²) >= 11 is 0. The summed E-state index contributed by atoms with van der Waals surface area (Å²) in [4.78, 5) is 11.3. The van der Waals surface area contributed by atoms with Gasteiger partial charge in [-0.1, -0.05) is 26.0 Å². The maximum Gasteiger partial charge on any atom is 0.433 e. The molecular weight excluding hydrogens is 345 g/mol. The van der Waals surface area contributed by atoms with E-state index < -0.39 is 11.9 Å².